The molecule has 0 aromatic rings. The quantitative estimate of drug-likeness (QED) is 0.574. The van der Waals surface area contributed by atoms with E-state index in [4.69, 9.17) is 4.43 Å². The van der Waals surface area contributed by atoms with Gasteiger partial charge in [-0.3, -0.25) is 4.79 Å². The van der Waals surface area contributed by atoms with E-state index in [1.807, 2.05) is 19.6 Å². The topological polar surface area (TPSA) is 64.6 Å². The van der Waals surface area contributed by atoms with E-state index in [-0.39, 0.29) is 31.8 Å². The van der Waals surface area contributed by atoms with E-state index in [0.29, 0.717) is 0 Å². The van der Waals surface area contributed by atoms with Crippen LogP contribution < -0.4 is 5.32 Å². The number of hydrogen-bond acceptors (Lipinski definition) is 4. The number of amides is 1. The first-order valence-corrected chi connectivity index (χ1v) is 10.3. The molecule has 1 amide bonds. The van der Waals surface area contributed by atoms with Gasteiger partial charge in [0.25, 0.3) is 0 Å². The van der Waals surface area contributed by atoms with E-state index in [0.717, 1.165) is 0 Å². The fraction of sp³-hybridized carbons (Fsp3) is 0.846. The normalized spacial score (nSPS) is 19.5. The molecule has 122 valence electrons. The van der Waals surface area contributed by atoms with Gasteiger partial charge < -0.3 is 14.5 Å². The van der Waals surface area contributed by atoms with Crippen molar-refractivity contribution < 1.29 is 27.5 Å². The van der Waals surface area contributed by atoms with E-state index >= 15 is 0 Å². The predicted octanol–water partition coefficient (Wildman–Crippen LogP) is 1.93. The predicted molar refractivity (Wildman–Crippen MR) is 75.5 cm³/mol. The third kappa shape index (κ3) is 6.51. The van der Waals surface area contributed by atoms with Crippen LogP contribution in [0.25, 0.3) is 0 Å². The molecule has 1 aliphatic rings. The zero-order valence-electron chi connectivity index (χ0n) is 12.9. The lowest BCUT2D eigenvalue weighted by Crippen LogP contribution is -2.48. The average molecular weight is 323 g/mol. The number of esters is 1. The summed E-state index contributed by atoms with van der Waals surface area (Å²) in [7, 11) is -0.610. The maximum absolute atomic E-state index is 12.7. The molecule has 0 heterocycles. The van der Waals surface area contributed by atoms with Gasteiger partial charge in [-0.25, -0.2) is 13.6 Å². The molecule has 5 nitrogen and oxygen atoms in total. The summed E-state index contributed by atoms with van der Waals surface area (Å²) < 4.78 is 35.6. The summed E-state index contributed by atoms with van der Waals surface area (Å²) in [5.74, 6) is -3.99. The van der Waals surface area contributed by atoms with Gasteiger partial charge in [-0.2, -0.15) is 0 Å². The Morgan fingerprint density at radius 2 is 1.90 bits per heavy atom. The van der Waals surface area contributed by atoms with Crippen LogP contribution in [-0.2, 0) is 18.8 Å². The highest BCUT2D eigenvalue weighted by Crippen LogP contribution is 2.43. The molecule has 1 fully saturated rings. The number of nitrogens with one attached hydrogen (secondary N) is 1. The molecule has 0 spiro atoms. The molecule has 1 saturated carbocycles. The third-order valence-electron chi connectivity index (χ3n) is 3.15. The molecule has 1 aliphatic carbocycles. The summed E-state index contributed by atoms with van der Waals surface area (Å²) in [4.78, 5) is 23.4. The molecule has 0 saturated heterocycles. The zero-order chi connectivity index (χ0) is 16.3. The third-order valence-corrected chi connectivity index (χ3v) is 4.19. The van der Waals surface area contributed by atoms with Crippen molar-refractivity contribution in [2.75, 3.05) is 13.7 Å². The van der Waals surface area contributed by atoms with Crippen molar-refractivity contribution in [3.63, 3.8) is 0 Å². The minimum atomic E-state index is -2.65. The summed E-state index contributed by atoms with van der Waals surface area (Å²) in [6, 6.07) is -0.894. The minimum absolute atomic E-state index is 0.00394. The van der Waals surface area contributed by atoms with Crippen molar-refractivity contribution in [3.05, 3.63) is 0 Å². The van der Waals surface area contributed by atoms with E-state index < -0.39 is 32.2 Å². The second-order valence-corrected chi connectivity index (χ2v) is 10.9. The van der Waals surface area contributed by atoms with Gasteiger partial charge in [-0.15, -0.1) is 0 Å². The molecule has 0 aromatic carbocycles. The van der Waals surface area contributed by atoms with Gasteiger partial charge in [0.1, 0.15) is 6.04 Å². The number of halogens is 2. The molecule has 21 heavy (non-hydrogen) atoms. The van der Waals surface area contributed by atoms with Crippen LogP contribution in [0.2, 0.25) is 19.6 Å². The van der Waals surface area contributed by atoms with Gasteiger partial charge in [0.05, 0.1) is 13.7 Å². The van der Waals surface area contributed by atoms with Crippen molar-refractivity contribution in [3.8, 4) is 0 Å². The fourth-order valence-corrected chi connectivity index (χ4v) is 2.76. The van der Waals surface area contributed by atoms with Gasteiger partial charge in [0.2, 0.25) is 11.8 Å². The van der Waals surface area contributed by atoms with Gasteiger partial charge in [0.15, 0.2) is 8.32 Å². The van der Waals surface area contributed by atoms with Crippen LogP contribution in [0.3, 0.4) is 0 Å². The summed E-state index contributed by atoms with van der Waals surface area (Å²) in [5, 5.41) is 2.51. The van der Waals surface area contributed by atoms with Crippen LogP contribution in [0, 0.1) is 5.92 Å². The lowest BCUT2D eigenvalue weighted by Gasteiger charge is -2.34. The molecule has 0 unspecified atom stereocenters. The Balaban J connectivity index is 2.44. The van der Waals surface area contributed by atoms with Crippen LogP contribution >= 0.6 is 0 Å². The Morgan fingerprint density at radius 3 is 2.33 bits per heavy atom. The Labute approximate surface area is 124 Å². The van der Waals surface area contributed by atoms with Crippen molar-refractivity contribution in [2.24, 2.45) is 5.92 Å². The Morgan fingerprint density at radius 1 is 1.33 bits per heavy atom. The Bertz CT molecular complexity index is 390. The molecule has 1 atom stereocenters. The van der Waals surface area contributed by atoms with Gasteiger partial charge in [0, 0.05) is 19.3 Å². The number of hydrogen-bond donors (Lipinski definition) is 1. The first-order chi connectivity index (χ1) is 9.52. The number of methoxy groups -OCH3 is 1. The van der Waals surface area contributed by atoms with E-state index in [1.165, 1.54) is 7.11 Å². The highest BCUT2D eigenvalue weighted by Gasteiger charge is 2.45. The zero-order valence-corrected chi connectivity index (χ0v) is 13.9. The Hall–Kier alpha value is -1.02. The van der Waals surface area contributed by atoms with Crippen molar-refractivity contribution in [1.29, 1.82) is 0 Å². The van der Waals surface area contributed by atoms with Crippen molar-refractivity contribution in [2.45, 2.75) is 50.9 Å². The number of rotatable bonds is 7. The molecule has 0 radical (unpaired) electrons. The van der Waals surface area contributed by atoms with Gasteiger partial charge in [-0.1, -0.05) is 0 Å². The van der Waals surface area contributed by atoms with Crippen LogP contribution in [0.1, 0.15) is 19.3 Å². The summed E-state index contributed by atoms with van der Waals surface area (Å²) >= 11 is 0. The van der Waals surface area contributed by atoms with Gasteiger partial charge in [-0.05, 0) is 25.6 Å². The van der Waals surface area contributed by atoms with Crippen LogP contribution in [0.5, 0.6) is 0 Å². The standard InChI is InChI=1S/C13H23F2NO4Si/c1-19-12(18)10(8-20-21(2,3)4)16-11(17)5-9-6-13(14,15)7-9/h9-10H,5-8H2,1-4H3,(H,16,17)/t10-/m1/s1. The monoisotopic (exact) mass is 323 g/mol. The second-order valence-electron chi connectivity index (χ2n) is 6.40. The fourth-order valence-electron chi connectivity index (χ4n) is 2.09. The number of ether oxygens (including phenoxy) is 1. The van der Waals surface area contributed by atoms with Crippen molar-refractivity contribution >= 4 is 20.2 Å². The SMILES string of the molecule is COC(=O)[C@@H](CO[Si](C)(C)C)NC(=O)CC1CC(F)(F)C1. The first kappa shape index (κ1) is 18.0. The largest absolute Gasteiger partial charge is 0.467 e. The molecule has 0 aromatic heterocycles. The summed E-state index contributed by atoms with van der Waals surface area (Å²) in [5.41, 5.74) is 0. The molecule has 1 rings (SSSR count). The van der Waals surface area contributed by atoms with Gasteiger partial charge >= 0.3 is 5.97 Å². The smallest absolute Gasteiger partial charge is 0.330 e. The van der Waals surface area contributed by atoms with Crippen LogP contribution in [0.15, 0.2) is 0 Å². The molecule has 0 aliphatic heterocycles. The second kappa shape index (κ2) is 6.82. The summed E-state index contributed by atoms with van der Waals surface area (Å²) in [6.45, 7) is 5.91. The lowest BCUT2D eigenvalue weighted by molar-refractivity contribution is -0.147. The number of carbonyl (C=O) groups excluding carboxylic acids is 2. The first-order valence-electron chi connectivity index (χ1n) is 6.91. The Kier molecular flexibility index (Phi) is 5.86. The van der Waals surface area contributed by atoms with E-state index in [2.05, 4.69) is 10.1 Å². The van der Waals surface area contributed by atoms with E-state index in [9.17, 15) is 18.4 Å². The maximum Gasteiger partial charge on any atom is 0.330 e. The number of alkyl halides is 2. The lowest BCUT2D eigenvalue weighted by atomic mass is 9.79. The van der Waals surface area contributed by atoms with Crippen LogP contribution in [-0.4, -0.2) is 45.9 Å². The molecule has 0 bridgehead atoms. The van der Waals surface area contributed by atoms with Crippen LogP contribution in [0.4, 0.5) is 8.78 Å². The molecule has 8 heteroatoms. The molecule has 1 N–H and O–H groups in total. The highest BCUT2D eigenvalue weighted by molar-refractivity contribution is 6.69. The highest BCUT2D eigenvalue weighted by atomic mass is 28.4. The minimum Gasteiger partial charge on any atom is -0.467 e. The van der Waals surface area contributed by atoms with Crippen molar-refractivity contribution in [1.82, 2.24) is 5.32 Å². The number of carbonyl (C=O) groups is 2. The summed E-state index contributed by atoms with van der Waals surface area (Å²) in [6.07, 6.45) is -0.542. The maximum atomic E-state index is 12.7. The molecular formula is C13H23F2NO4Si. The van der Waals surface area contributed by atoms with E-state index in [1.54, 1.807) is 0 Å². The molecular weight excluding hydrogens is 300 g/mol. The average Bonchev–Trinajstić information content (AvgIpc) is 2.30.